The van der Waals surface area contributed by atoms with Gasteiger partial charge in [-0.1, -0.05) is 26.0 Å². The summed E-state index contributed by atoms with van der Waals surface area (Å²) in [5.74, 6) is 0.336. The average Bonchev–Trinajstić information content (AvgIpc) is 2.89. The molecule has 1 aromatic rings. The van der Waals surface area contributed by atoms with E-state index in [0.717, 1.165) is 11.9 Å². The van der Waals surface area contributed by atoms with Crippen LogP contribution < -0.4 is 10.2 Å². The smallest absolute Gasteiger partial charge is 0.452 e. The topological polar surface area (TPSA) is 54.0 Å². The number of carbonyl (C=O) groups excluding carboxylic acids is 1. The largest absolute Gasteiger partial charge is 0.498 e. The minimum absolute atomic E-state index is 0.0867. The Balaban J connectivity index is 1.52. The van der Waals surface area contributed by atoms with Crippen molar-refractivity contribution in [3.05, 3.63) is 23.8 Å². The van der Waals surface area contributed by atoms with E-state index in [9.17, 15) is 4.79 Å². The molecular weight excluding hydrogens is 331 g/mol. The van der Waals surface area contributed by atoms with Gasteiger partial charge in [-0.2, -0.15) is 0 Å². The highest BCUT2D eigenvalue weighted by Crippen LogP contribution is 2.65. The molecular formula is C20H25BO5. The fourth-order valence-corrected chi connectivity index (χ4v) is 5.56. The lowest BCUT2D eigenvalue weighted by atomic mass is 9.43. The highest BCUT2D eigenvalue weighted by atomic mass is 16.7. The van der Waals surface area contributed by atoms with Crippen molar-refractivity contribution in [2.75, 3.05) is 0 Å². The fourth-order valence-electron chi connectivity index (χ4n) is 5.56. The predicted octanol–water partition coefficient (Wildman–Crippen LogP) is 2.91. The number of cyclic esters (lactones) is 1. The molecule has 4 atom stereocenters. The fraction of sp³-hybridized carbons (Fsp3) is 0.650. The molecule has 2 bridgehead atoms. The van der Waals surface area contributed by atoms with E-state index < -0.39 is 12.9 Å². The molecule has 5 nitrogen and oxygen atoms in total. The number of carbonyl (C=O) groups is 1. The predicted molar refractivity (Wildman–Crippen MR) is 96.3 cm³/mol. The summed E-state index contributed by atoms with van der Waals surface area (Å²) in [5, 5.41) is 0. The van der Waals surface area contributed by atoms with Gasteiger partial charge in [0.15, 0.2) is 0 Å². The molecule has 0 radical (unpaired) electrons. The van der Waals surface area contributed by atoms with E-state index >= 15 is 0 Å². The Morgan fingerprint density at radius 2 is 1.85 bits per heavy atom. The molecule has 0 N–H and O–H groups in total. The van der Waals surface area contributed by atoms with Crippen LogP contribution in [-0.2, 0) is 14.0 Å². The average molecular weight is 356 g/mol. The SMILES string of the molecule is CC1(C)OC(=O)c2cccc(B3OC4CC5CC(C5(C)C)C4(C)O3)c2O1. The third-order valence-electron chi connectivity index (χ3n) is 7.15. The van der Waals surface area contributed by atoms with Crippen molar-refractivity contribution in [3.8, 4) is 5.75 Å². The van der Waals surface area contributed by atoms with Gasteiger partial charge in [0.1, 0.15) is 11.3 Å². The summed E-state index contributed by atoms with van der Waals surface area (Å²) < 4.78 is 24.2. The van der Waals surface area contributed by atoms with Crippen LogP contribution in [0.2, 0.25) is 0 Å². The summed E-state index contributed by atoms with van der Waals surface area (Å²) in [4.78, 5) is 12.3. The number of benzene rings is 1. The molecule has 5 aliphatic rings. The van der Waals surface area contributed by atoms with Crippen LogP contribution in [-0.4, -0.2) is 30.6 Å². The Morgan fingerprint density at radius 3 is 2.58 bits per heavy atom. The molecule has 0 aromatic heterocycles. The molecule has 138 valence electrons. The molecule has 1 aromatic carbocycles. The van der Waals surface area contributed by atoms with Gasteiger partial charge in [-0.25, -0.2) is 4.79 Å². The maximum atomic E-state index is 12.3. The lowest BCUT2D eigenvalue weighted by molar-refractivity contribution is -0.199. The molecule has 2 heterocycles. The molecule has 1 saturated heterocycles. The van der Waals surface area contributed by atoms with E-state index in [2.05, 4.69) is 20.8 Å². The van der Waals surface area contributed by atoms with Gasteiger partial charge in [0.2, 0.25) is 5.79 Å². The van der Waals surface area contributed by atoms with E-state index in [-0.39, 0.29) is 17.7 Å². The molecule has 4 unspecified atom stereocenters. The van der Waals surface area contributed by atoms with Crippen LogP contribution in [0.4, 0.5) is 0 Å². The first-order chi connectivity index (χ1) is 12.1. The highest BCUT2D eigenvalue weighted by molar-refractivity contribution is 6.63. The van der Waals surface area contributed by atoms with Gasteiger partial charge in [-0.3, -0.25) is 0 Å². The second-order valence-electron chi connectivity index (χ2n) is 9.42. The van der Waals surface area contributed by atoms with Crippen molar-refractivity contribution < 1.29 is 23.6 Å². The van der Waals surface area contributed by atoms with Gasteiger partial charge in [-0.15, -0.1) is 0 Å². The monoisotopic (exact) mass is 356 g/mol. The lowest BCUT2D eigenvalue weighted by Gasteiger charge is -2.64. The van der Waals surface area contributed by atoms with Crippen molar-refractivity contribution in [3.63, 3.8) is 0 Å². The molecule has 0 spiro atoms. The first kappa shape index (κ1) is 16.6. The molecule has 0 amide bonds. The number of ether oxygens (including phenoxy) is 2. The Bertz CT molecular complexity index is 803. The zero-order valence-electron chi connectivity index (χ0n) is 16.0. The summed E-state index contributed by atoms with van der Waals surface area (Å²) >= 11 is 0. The normalized spacial score (nSPS) is 38.6. The van der Waals surface area contributed by atoms with Crippen LogP contribution in [0.25, 0.3) is 0 Å². The number of esters is 1. The maximum Gasteiger partial charge on any atom is 0.498 e. The van der Waals surface area contributed by atoms with Gasteiger partial charge < -0.3 is 18.8 Å². The number of hydrogen-bond acceptors (Lipinski definition) is 5. The first-order valence-corrected chi connectivity index (χ1v) is 9.50. The van der Waals surface area contributed by atoms with Crippen LogP contribution in [0, 0.1) is 17.3 Å². The van der Waals surface area contributed by atoms with Crippen molar-refractivity contribution in [2.24, 2.45) is 17.3 Å². The quantitative estimate of drug-likeness (QED) is 0.572. The Labute approximate surface area is 154 Å². The van der Waals surface area contributed by atoms with E-state index in [1.165, 1.54) is 6.42 Å². The molecule has 6 heteroatoms. The molecule has 4 fully saturated rings. The molecule has 6 rings (SSSR count). The second kappa shape index (κ2) is 4.84. The van der Waals surface area contributed by atoms with Gasteiger partial charge in [0, 0.05) is 19.3 Å². The number of fused-ring (bicyclic) bond motifs is 1. The van der Waals surface area contributed by atoms with Crippen LogP contribution in [0.5, 0.6) is 5.75 Å². The molecule has 3 saturated carbocycles. The van der Waals surface area contributed by atoms with Crippen molar-refractivity contribution >= 4 is 18.6 Å². The molecule has 3 aliphatic carbocycles. The number of rotatable bonds is 1. The number of para-hydroxylation sites is 1. The third-order valence-corrected chi connectivity index (χ3v) is 7.15. The van der Waals surface area contributed by atoms with Crippen molar-refractivity contribution in [1.29, 1.82) is 0 Å². The first-order valence-electron chi connectivity index (χ1n) is 9.50. The highest BCUT2D eigenvalue weighted by Gasteiger charge is 2.68. The Morgan fingerprint density at radius 1 is 1.08 bits per heavy atom. The zero-order valence-corrected chi connectivity index (χ0v) is 16.0. The van der Waals surface area contributed by atoms with E-state index in [1.807, 2.05) is 12.1 Å². The van der Waals surface area contributed by atoms with Crippen molar-refractivity contribution in [2.45, 2.75) is 65.0 Å². The van der Waals surface area contributed by atoms with Gasteiger partial charge in [0.25, 0.3) is 0 Å². The minimum atomic E-state index is -1.00. The lowest BCUT2D eigenvalue weighted by Crippen LogP contribution is -2.65. The maximum absolute atomic E-state index is 12.3. The van der Waals surface area contributed by atoms with E-state index in [0.29, 0.717) is 28.6 Å². The number of hydrogen-bond donors (Lipinski definition) is 0. The van der Waals surface area contributed by atoms with E-state index in [4.69, 9.17) is 18.8 Å². The molecule has 2 aliphatic heterocycles. The zero-order chi connectivity index (χ0) is 18.5. The van der Waals surface area contributed by atoms with Gasteiger partial charge in [0.05, 0.1) is 11.7 Å². The van der Waals surface area contributed by atoms with E-state index in [1.54, 1.807) is 19.9 Å². The van der Waals surface area contributed by atoms with Crippen LogP contribution in [0.1, 0.15) is 57.8 Å². The summed E-state index contributed by atoms with van der Waals surface area (Å²) in [6.07, 6.45) is 2.32. The second-order valence-corrected chi connectivity index (χ2v) is 9.42. The Hall–Kier alpha value is -1.53. The van der Waals surface area contributed by atoms with Crippen LogP contribution in [0.15, 0.2) is 18.2 Å². The summed E-state index contributed by atoms with van der Waals surface area (Å²) in [6, 6.07) is 5.48. The Kier molecular flexibility index (Phi) is 3.10. The summed E-state index contributed by atoms with van der Waals surface area (Å²) in [7, 11) is -0.517. The standard InChI is InChI=1S/C20H25BO5/c1-18(2)11-9-14(18)20(5)15(10-11)25-21(26-20)13-8-6-7-12-16(13)23-19(3,4)24-17(12)22/h6-8,11,14-15H,9-10H2,1-5H3. The third kappa shape index (κ3) is 2.03. The molecule has 26 heavy (non-hydrogen) atoms. The van der Waals surface area contributed by atoms with Crippen LogP contribution in [0.3, 0.4) is 0 Å². The van der Waals surface area contributed by atoms with Gasteiger partial charge in [-0.05, 0) is 43.1 Å². The van der Waals surface area contributed by atoms with Gasteiger partial charge >= 0.3 is 13.1 Å². The van der Waals surface area contributed by atoms with Crippen molar-refractivity contribution in [1.82, 2.24) is 0 Å². The van der Waals surface area contributed by atoms with Crippen LogP contribution >= 0.6 is 0 Å². The minimum Gasteiger partial charge on any atom is -0.452 e. The summed E-state index contributed by atoms with van der Waals surface area (Å²) in [5.41, 5.74) is 1.20. The summed E-state index contributed by atoms with van der Waals surface area (Å²) in [6.45, 7) is 10.3.